The van der Waals surface area contributed by atoms with Gasteiger partial charge in [0.15, 0.2) is 0 Å². The summed E-state index contributed by atoms with van der Waals surface area (Å²) in [4.78, 5) is 15.6. The Balaban J connectivity index is 2.00. The Morgan fingerprint density at radius 1 is 1.60 bits per heavy atom. The third kappa shape index (κ3) is 2.35. The van der Waals surface area contributed by atoms with E-state index in [1.165, 1.54) is 0 Å². The summed E-state index contributed by atoms with van der Waals surface area (Å²) in [5, 5.41) is 0. The van der Waals surface area contributed by atoms with E-state index in [1.807, 2.05) is 13.0 Å². The van der Waals surface area contributed by atoms with Crippen LogP contribution in [0.25, 0.3) is 0 Å². The van der Waals surface area contributed by atoms with Crippen molar-refractivity contribution >= 4 is 11.6 Å². The van der Waals surface area contributed by atoms with E-state index in [4.69, 9.17) is 5.73 Å². The van der Waals surface area contributed by atoms with Gasteiger partial charge in [-0.25, -0.2) is 4.98 Å². The minimum absolute atomic E-state index is 0.350. The zero-order valence-electron chi connectivity index (χ0n) is 8.99. The molecule has 0 spiro atoms. The number of nitrogens with two attached hydrogens (primary N) is 1. The Kier molecular flexibility index (Phi) is 2.71. The summed E-state index contributed by atoms with van der Waals surface area (Å²) in [6.45, 7) is 2.01. The molecular weight excluding hydrogens is 188 g/mol. The summed E-state index contributed by atoms with van der Waals surface area (Å²) in [6.07, 6.45) is 5.22. The van der Waals surface area contributed by atoms with Crippen molar-refractivity contribution < 1.29 is 4.79 Å². The number of nitrogens with zero attached hydrogens (tertiary/aromatic N) is 1. The number of aromatic nitrogens is 1. The molecule has 2 rings (SSSR count). The molecule has 15 heavy (non-hydrogen) atoms. The average molecular weight is 204 g/mol. The van der Waals surface area contributed by atoms with Crippen LogP contribution in [0.2, 0.25) is 0 Å². The minimum Gasteiger partial charge on any atom is -0.383 e. The molecule has 1 fully saturated rings. The van der Waals surface area contributed by atoms with E-state index in [9.17, 15) is 4.79 Å². The SMILES string of the molecule is Cc1ccnc(N)c1CCC(=O)C1CC1. The summed E-state index contributed by atoms with van der Waals surface area (Å²) in [7, 11) is 0. The van der Waals surface area contributed by atoms with Crippen LogP contribution in [-0.2, 0) is 11.2 Å². The molecule has 0 aromatic carbocycles. The number of pyridine rings is 1. The van der Waals surface area contributed by atoms with Gasteiger partial charge in [-0.1, -0.05) is 0 Å². The molecule has 0 unspecified atom stereocenters. The number of hydrogen-bond donors (Lipinski definition) is 1. The lowest BCUT2D eigenvalue weighted by Crippen LogP contribution is -2.06. The highest BCUT2D eigenvalue weighted by molar-refractivity contribution is 5.83. The van der Waals surface area contributed by atoms with Gasteiger partial charge in [0, 0.05) is 18.5 Å². The van der Waals surface area contributed by atoms with Crippen molar-refractivity contribution in [2.45, 2.75) is 32.6 Å². The van der Waals surface area contributed by atoms with Crippen molar-refractivity contribution in [3.8, 4) is 0 Å². The van der Waals surface area contributed by atoms with Crippen LogP contribution in [0.5, 0.6) is 0 Å². The summed E-state index contributed by atoms with van der Waals surface area (Å²) >= 11 is 0. The second kappa shape index (κ2) is 4.01. The van der Waals surface area contributed by atoms with Gasteiger partial charge in [-0.05, 0) is 43.4 Å². The molecule has 0 aliphatic heterocycles. The lowest BCUT2D eigenvalue weighted by molar-refractivity contribution is -0.120. The molecule has 0 bridgehead atoms. The van der Waals surface area contributed by atoms with Crippen molar-refractivity contribution in [1.29, 1.82) is 0 Å². The van der Waals surface area contributed by atoms with E-state index in [0.29, 0.717) is 23.9 Å². The van der Waals surface area contributed by atoms with Crippen LogP contribution in [-0.4, -0.2) is 10.8 Å². The van der Waals surface area contributed by atoms with Gasteiger partial charge in [0.25, 0.3) is 0 Å². The third-order valence-electron chi connectivity index (χ3n) is 2.98. The van der Waals surface area contributed by atoms with Gasteiger partial charge in [0.2, 0.25) is 0 Å². The Morgan fingerprint density at radius 3 is 2.93 bits per heavy atom. The summed E-state index contributed by atoms with van der Waals surface area (Å²) < 4.78 is 0. The Bertz CT molecular complexity index is 363. The van der Waals surface area contributed by atoms with E-state index >= 15 is 0 Å². The molecule has 80 valence electrons. The predicted octanol–water partition coefficient (Wildman–Crippen LogP) is 1.88. The Hall–Kier alpha value is -1.38. The highest BCUT2D eigenvalue weighted by Crippen LogP contribution is 2.31. The molecule has 2 N–H and O–H groups in total. The van der Waals surface area contributed by atoms with Crippen LogP contribution in [0.3, 0.4) is 0 Å². The van der Waals surface area contributed by atoms with Gasteiger partial charge in [0.1, 0.15) is 11.6 Å². The molecular formula is C12H16N2O. The fourth-order valence-electron chi connectivity index (χ4n) is 1.79. The Morgan fingerprint density at radius 2 is 2.33 bits per heavy atom. The maximum absolute atomic E-state index is 11.5. The average Bonchev–Trinajstić information content (AvgIpc) is 2.99. The second-order valence-corrected chi connectivity index (χ2v) is 4.23. The number of ketones is 1. The number of carbonyl (C=O) groups is 1. The highest BCUT2D eigenvalue weighted by atomic mass is 16.1. The molecule has 1 saturated carbocycles. The van der Waals surface area contributed by atoms with E-state index < -0.39 is 0 Å². The van der Waals surface area contributed by atoms with Crippen LogP contribution in [0, 0.1) is 12.8 Å². The van der Waals surface area contributed by atoms with Crippen molar-refractivity contribution in [3.05, 3.63) is 23.4 Å². The van der Waals surface area contributed by atoms with Gasteiger partial charge in [-0.3, -0.25) is 4.79 Å². The van der Waals surface area contributed by atoms with E-state index in [1.54, 1.807) is 6.20 Å². The normalized spacial score (nSPS) is 15.3. The summed E-state index contributed by atoms with van der Waals surface area (Å²) in [5.74, 6) is 1.31. The molecule has 1 aliphatic carbocycles. The molecule has 3 heteroatoms. The fourth-order valence-corrected chi connectivity index (χ4v) is 1.79. The molecule has 1 aliphatic rings. The number of aryl methyl sites for hydroxylation is 1. The highest BCUT2D eigenvalue weighted by Gasteiger charge is 2.28. The number of nitrogen functional groups attached to an aromatic ring is 1. The summed E-state index contributed by atoms with van der Waals surface area (Å²) in [6, 6.07) is 1.94. The van der Waals surface area contributed by atoms with Gasteiger partial charge >= 0.3 is 0 Å². The first kappa shape index (κ1) is 10.1. The lowest BCUT2D eigenvalue weighted by Gasteiger charge is -2.07. The second-order valence-electron chi connectivity index (χ2n) is 4.23. The molecule has 3 nitrogen and oxygen atoms in total. The number of carbonyl (C=O) groups excluding carboxylic acids is 1. The van der Waals surface area contributed by atoms with Crippen molar-refractivity contribution in [1.82, 2.24) is 4.98 Å². The molecule has 0 amide bonds. The quantitative estimate of drug-likeness (QED) is 0.814. The monoisotopic (exact) mass is 204 g/mol. The zero-order chi connectivity index (χ0) is 10.8. The number of anilines is 1. The first-order valence-corrected chi connectivity index (χ1v) is 5.41. The van der Waals surface area contributed by atoms with Crippen molar-refractivity contribution in [3.63, 3.8) is 0 Å². The lowest BCUT2D eigenvalue weighted by atomic mass is 10.0. The maximum Gasteiger partial charge on any atom is 0.136 e. The van der Waals surface area contributed by atoms with Crippen LogP contribution in [0.1, 0.15) is 30.4 Å². The maximum atomic E-state index is 11.5. The first-order valence-electron chi connectivity index (χ1n) is 5.41. The van der Waals surface area contributed by atoms with Crippen LogP contribution < -0.4 is 5.73 Å². The molecule has 0 atom stereocenters. The van der Waals surface area contributed by atoms with Gasteiger partial charge in [-0.15, -0.1) is 0 Å². The minimum atomic E-state index is 0.350. The van der Waals surface area contributed by atoms with E-state index in [-0.39, 0.29) is 0 Å². The molecule has 1 aromatic heterocycles. The number of rotatable bonds is 4. The smallest absolute Gasteiger partial charge is 0.136 e. The van der Waals surface area contributed by atoms with Gasteiger partial charge < -0.3 is 5.73 Å². The van der Waals surface area contributed by atoms with E-state index in [0.717, 1.165) is 30.4 Å². The van der Waals surface area contributed by atoms with Crippen LogP contribution in [0.4, 0.5) is 5.82 Å². The van der Waals surface area contributed by atoms with Gasteiger partial charge in [0.05, 0.1) is 0 Å². The zero-order valence-corrected chi connectivity index (χ0v) is 8.99. The fraction of sp³-hybridized carbons (Fsp3) is 0.500. The molecule has 0 saturated heterocycles. The molecule has 1 aromatic rings. The van der Waals surface area contributed by atoms with E-state index in [2.05, 4.69) is 4.98 Å². The summed E-state index contributed by atoms with van der Waals surface area (Å²) in [5.41, 5.74) is 7.94. The van der Waals surface area contributed by atoms with Gasteiger partial charge in [-0.2, -0.15) is 0 Å². The van der Waals surface area contributed by atoms with Crippen LogP contribution in [0.15, 0.2) is 12.3 Å². The number of hydrogen-bond acceptors (Lipinski definition) is 3. The van der Waals surface area contributed by atoms with Crippen molar-refractivity contribution in [2.75, 3.05) is 5.73 Å². The van der Waals surface area contributed by atoms with Crippen molar-refractivity contribution in [2.24, 2.45) is 5.92 Å². The Labute approximate surface area is 89.7 Å². The third-order valence-corrected chi connectivity index (χ3v) is 2.98. The van der Waals surface area contributed by atoms with Crippen LogP contribution >= 0.6 is 0 Å². The largest absolute Gasteiger partial charge is 0.383 e. The molecule has 0 radical (unpaired) electrons. The molecule has 1 heterocycles. The standard InChI is InChI=1S/C12H16N2O/c1-8-6-7-14-12(13)10(8)4-5-11(15)9-2-3-9/h6-7,9H,2-5H2,1H3,(H2,13,14). The number of Topliss-reactive ketones (excluding diaryl/α,β-unsaturated/α-hetero) is 1. The topological polar surface area (TPSA) is 56.0 Å². The predicted molar refractivity (Wildman–Crippen MR) is 59.4 cm³/mol. The first-order chi connectivity index (χ1) is 7.18.